The average molecular weight is 444 g/mol. The number of hydrogen-bond acceptors (Lipinski definition) is 4. The minimum Gasteiger partial charge on any atom is -0.481 e. The van der Waals surface area contributed by atoms with Crippen LogP contribution in [-0.4, -0.2) is 29.1 Å². The summed E-state index contributed by atoms with van der Waals surface area (Å²) in [6.07, 6.45) is 1.35. The Labute approximate surface area is 191 Å². The van der Waals surface area contributed by atoms with Crippen LogP contribution >= 0.6 is 11.3 Å². The van der Waals surface area contributed by atoms with Gasteiger partial charge in [-0.15, -0.1) is 11.3 Å². The second-order valence-corrected chi connectivity index (χ2v) is 9.14. The summed E-state index contributed by atoms with van der Waals surface area (Å²) in [6.45, 7) is 1.52. The minimum absolute atomic E-state index is 0.0558. The van der Waals surface area contributed by atoms with Crippen LogP contribution in [0.1, 0.15) is 30.0 Å². The van der Waals surface area contributed by atoms with Crippen LogP contribution in [0.2, 0.25) is 0 Å². The number of nitrogens with zero attached hydrogens (tertiary/aromatic N) is 1. The van der Waals surface area contributed by atoms with E-state index in [9.17, 15) is 9.90 Å². The number of benzene rings is 3. The Morgan fingerprint density at radius 3 is 2.44 bits per heavy atom. The van der Waals surface area contributed by atoms with Crippen molar-refractivity contribution in [3.63, 3.8) is 0 Å². The molecule has 0 aliphatic carbocycles. The minimum atomic E-state index is -0.680. The van der Waals surface area contributed by atoms with Crippen LogP contribution in [0, 0.1) is 5.92 Å². The number of ether oxygens (including phenoxy) is 1. The Morgan fingerprint density at radius 2 is 1.66 bits per heavy atom. The summed E-state index contributed by atoms with van der Waals surface area (Å²) < 4.78 is 7.38. The third-order valence-corrected chi connectivity index (χ3v) is 7.18. The molecule has 1 aliphatic heterocycles. The standard InChI is InChI=1S/C27H25NO3S/c29-27(30)19-13-15-28(16-14-19)26(24-18-32-25-12-5-4-11-23(24)25)20-7-6-10-22(17-20)31-21-8-2-1-3-9-21/h1-12,17-19,26H,13-16H2,(H,29,30). The highest BCUT2D eigenvalue weighted by molar-refractivity contribution is 7.17. The van der Waals surface area contributed by atoms with E-state index in [1.165, 1.54) is 15.6 Å². The number of hydrogen-bond donors (Lipinski definition) is 1. The van der Waals surface area contributed by atoms with Crippen molar-refractivity contribution in [3.05, 3.63) is 95.4 Å². The fourth-order valence-corrected chi connectivity index (χ4v) is 5.55. The van der Waals surface area contributed by atoms with Gasteiger partial charge in [0.15, 0.2) is 0 Å². The summed E-state index contributed by atoms with van der Waals surface area (Å²) in [7, 11) is 0. The van der Waals surface area contributed by atoms with E-state index in [1.807, 2.05) is 42.5 Å². The van der Waals surface area contributed by atoms with Gasteiger partial charge in [-0.25, -0.2) is 0 Å². The van der Waals surface area contributed by atoms with E-state index in [0.29, 0.717) is 12.8 Å². The number of fused-ring (bicyclic) bond motifs is 1. The molecule has 1 saturated heterocycles. The molecular formula is C27H25NO3S. The number of aliphatic carboxylic acids is 1. The van der Waals surface area contributed by atoms with E-state index in [-0.39, 0.29) is 12.0 Å². The predicted octanol–water partition coefficient (Wildman–Crippen LogP) is 6.58. The molecule has 32 heavy (non-hydrogen) atoms. The van der Waals surface area contributed by atoms with E-state index >= 15 is 0 Å². The molecule has 1 fully saturated rings. The van der Waals surface area contributed by atoms with E-state index in [4.69, 9.17) is 4.74 Å². The number of rotatable bonds is 6. The summed E-state index contributed by atoms with van der Waals surface area (Å²) >= 11 is 1.76. The summed E-state index contributed by atoms with van der Waals surface area (Å²) in [5, 5.41) is 13.0. The normalized spacial score (nSPS) is 16.1. The van der Waals surface area contributed by atoms with E-state index in [0.717, 1.165) is 30.2 Å². The largest absolute Gasteiger partial charge is 0.481 e. The summed E-state index contributed by atoms with van der Waals surface area (Å²) in [6, 6.07) is 26.7. The molecule has 0 saturated carbocycles. The monoisotopic (exact) mass is 443 g/mol. The number of carboxylic acid groups (broad SMARTS) is 1. The maximum Gasteiger partial charge on any atom is 0.306 e. The van der Waals surface area contributed by atoms with Crippen LogP contribution in [0.25, 0.3) is 10.1 Å². The quantitative estimate of drug-likeness (QED) is 0.366. The average Bonchev–Trinajstić information content (AvgIpc) is 3.24. The second kappa shape index (κ2) is 9.15. The highest BCUT2D eigenvalue weighted by atomic mass is 32.1. The van der Waals surface area contributed by atoms with Crippen molar-refractivity contribution in [2.75, 3.05) is 13.1 Å². The molecule has 4 nitrogen and oxygen atoms in total. The molecule has 1 N–H and O–H groups in total. The van der Waals surface area contributed by atoms with Crippen LogP contribution in [0.3, 0.4) is 0 Å². The van der Waals surface area contributed by atoms with Crippen molar-refractivity contribution in [1.29, 1.82) is 0 Å². The van der Waals surface area contributed by atoms with Gasteiger partial charge in [-0.1, -0.05) is 48.5 Å². The van der Waals surface area contributed by atoms with Crippen molar-refractivity contribution in [1.82, 2.24) is 4.90 Å². The number of carbonyl (C=O) groups is 1. The van der Waals surface area contributed by atoms with Crippen LogP contribution < -0.4 is 4.74 Å². The molecule has 1 unspecified atom stereocenters. The summed E-state index contributed by atoms with van der Waals surface area (Å²) in [5.41, 5.74) is 2.44. The first-order chi connectivity index (χ1) is 15.7. The predicted molar refractivity (Wildman–Crippen MR) is 129 cm³/mol. The Balaban J connectivity index is 1.52. The van der Waals surface area contributed by atoms with Gasteiger partial charge in [0, 0.05) is 4.70 Å². The van der Waals surface area contributed by atoms with Crippen molar-refractivity contribution in [2.45, 2.75) is 18.9 Å². The number of likely N-dealkylation sites (tertiary alicyclic amines) is 1. The lowest BCUT2D eigenvalue weighted by Crippen LogP contribution is -2.39. The summed E-state index contributed by atoms with van der Waals surface area (Å²) in [5.74, 6) is 0.683. The molecule has 0 radical (unpaired) electrons. The van der Waals surface area contributed by atoms with Gasteiger partial charge in [-0.05, 0) is 78.2 Å². The lowest BCUT2D eigenvalue weighted by atomic mass is 9.91. The fraction of sp³-hybridized carbons (Fsp3) is 0.222. The van der Waals surface area contributed by atoms with E-state index < -0.39 is 5.97 Å². The zero-order chi connectivity index (χ0) is 21.9. The molecule has 2 heterocycles. The highest BCUT2D eigenvalue weighted by Crippen LogP contribution is 2.40. The Kier molecular flexibility index (Phi) is 5.93. The molecule has 0 bridgehead atoms. The van der Waals surface area contributed by atoms with E-state index in [2.05, 4.69) is 46.7 Å². The number of para-hydroxylation sites is 1. The van der Waals surface area contributed by atoms with Gasteiger partial charge in [0.25, 0.3) is 0 Å². The van der Waals surface area contributed by atoms with E-state index in [1.54, 1.807) is 11.3 Å². The lowest BCUT2D eigenvalue weighted by molar-refractivity contribution is -0.143. The molecule has 162 valence electrons. The molecular weight excluding hydrogens is 418 g/mol. The smallest absolute Gasteiger partial charge is 0.306 e. The van der Waals surface area contributed by atoms with Crippen molar-refractivity contribution in [3.8, 4) is 11.5 Å². The molecule has 1 aliphatic rings. The van der Waals surface area contributed by atoms with Crippen LogP contribution in [-0.2, 0) is 4.79 Å². The zero-order valence-electron chi connectivity index (χ0n) is 17.7. The molecule has 0 amide bonds. The Bertz CT molecular complexity index is 1210. The van der Waals surface area contributed by atoms with Crippen molar-refractivity contribution in [2.24, 2.45) is 5.92 Å². The first-order valence-electron chi connectivity index (χ1n) is 10.9. The molecule has 5 rings (SSSR count). The van der Waals surface area contributed by atoms with Crippen LogP contribution in [0.15, 0.2) is 84.2 Å². The molecule has 1 atom stereocenters. The maximum atomic E-state index is 11.5. The van der Waals surface area contributed by atoms with Crippen LogP contribution in [0.4, 0.5) is 0 Å². The molecule has 4 aromatic rings. The fourth-order valence-electron chi connectivity index (χ4n) is 4.57. The highest BCUT2D eigenvalue weighted by Gasteiger charge is 2.31. The Hall–Kier alpha value is -3.15. The van der Waals surface area contributed by atoms with Gasteiger partial charge in [0.2, 0.25) is 0 Å². The second-order valence-electron chi connectivity index (χ2n) is 8.23. The Morgan fingerprint density at radius 1 is 0.938 bits per heavy atom. The van der Waals surface area contributed by atoms with Gasteiger partial charge >= 0.3 is 5.97 Å². The lowest BCUT2D eigenvalue weighted by Gasteiger charge is -2.37. The topological polar surface area (TPSA) is 49.8 Å². The van der Waals surface area contributed by atoms with Gasteiger partial charge in [0.1, 0.15) is 11.5 Å². The summed E-state index contributed by atoms with van der Waals surface area (Å²) in [4.78, 5) is 13.9. The van der Waals surface area contributed by atoms with Crippen molar-refractivity contribution < 1.29 is 14.6 Å². The first-order valence-corrected chi connectivity index (χ1v) is 11.8. The van der Waals surface area contributed by atoms with Gasteiger partial charge in [-0.2, -0.15) is 0 Å². The van der Waals surface area contributed by atoms with Crippen molar-refractivity contribution >= 4 is 27.4 Å². The molecule has 5 heteroatoms. The number of carboxylic acids is 1. The molecule has 0 spiro atoms. The van der Waals surface area contributed by atoms with Crippen LogP contribution in [0.5, 0.6) is 11.5 Å². The number of piperidine rings is 1. The first kappa shape index (κ1) is 20.7. The zero-order valence-corrected chi connectivity index (χ0v) is 18.5. The van der Waals surface area contributed by atoms with Gasteiger partial charge in [0.05, 0.1) is 12.0 Å². The van der Waals surface area contributed by atoms with Gasteiger partial charge in [-0.3, -0.25) is 9.69 Å². The third kappa shape index (κ3) is 4.27. The third-order valence-electron chi connectivity index (χ3n) is 6.20. The number of thiophene rings is 1. The SMILES string of the molecule is O=C(O)C1CCN(C(c2cccc(Oc3ccccc3)c2)c2csc3ccccc23)CC1. The molecule has 3 aromatic carbocycles. The van der Waals surface area contributed by atoms with Gasteiger partial charge < -0.3 is 9.84 Å². The maximum absolute atomic E-state index is 11.5. The molecule has 1 aromatic heterocycles.